The lowest BCUT2D eigenvalue weighted by Crippen LogP contribution is -2.36. The first-order valence-corrected chi connectivity index (χ1v) is 10.4. The zero-order valence-electron chi connectivity index (χ0n) is 18.8. The minimum atomic E-state index is -4.47. The van der Waals surface area contributed by atoms with Crippen LogP contribution in [0.5, 0.6) is 0 Å². The zero-order valence-corrected chi connectivity index (χ0v) is 18.8. The molecule has 1 aromatic carbocycles. The van der Waals surface area contributed by atoms with Crippen LogP contribution in [0.2, 0.25) is 0 Å². The number of rotatable bonds is 5. The SMILES string of the molecule is CC(C)n1cc(-c2ccn3c(-c4cccc(NC(=O)NCC(F)(F)F)c4)cnc3c2)cn1.O=CO. The van der Waals surface area contributed by atoms with Crippen LogP contribution in [0.1, 0.15) is 19.9 Å². The number of benzene rings is 1. The molecule has 0 saturated heterocycles. The molecule has 0 saturated carbocycles. The van der Waals surface area contributed by atoms with Gasteiger partial charge in [-0.3, -0.25) is 13.9 Å². The first kappa shape index (κ1) is 25.3. The number of imidazole rings is 1. The lowest BCUT2D eigenvalue weighted by molar-refractivity contribution is -0.123. The summed E-state index contributed by atoms with van der Waals surface area (Å²) < 4.78 is 40.6. The molecule has 0 atom stereocenters. The molecule has 0 aliphatic heterocycles. The molecule has 35 heavy (non-hydrogen) atoms. The number of alkyl halides is 3. The maximum absolute atomic E-state index is 12.3. The minimum absolute atomic E-state index is 0.250. The third-order valence-electron chi connectivity index (χ3n) is 4.84. The summed E-state index contributed by atoms with van der Waals surface area (Å²) in [6.45, 7) is 2.47. The summed E-state index contributed by atoms with van der Waals surface area (Å²) in [5, 5.41) is 15.5. The van der Waals surface area contributed by atoms with E-state index in [1.807, 2.05) is 45.9 Å². The number of hydrogen-bond donors (Lipinski definition) is 3. The van der Waals surface area contributed by atoms with Gasteiger partial charge in [-0.25, -0.2) is 9.78 Å². The molecule has 3 aromatic heterocycles. The van der Waals surface area contributed by atoms with Gasteiger partial charge < -0.3 is 15.7 Å². The van der Waals surface area contributed by atoms with E-state index in [0.717, 1.165) is 28.0 Å². The van der Waals surface area contributed by atoms with Crippen molar-refractivity contribution in [2.24, 2.45) is 0 Å². The monoisotopic (exact) mass is 488 g/mol. The normalized spacial score (nSPS) is 11.1. The molecule has 3 N–H and O–H groups in total. The Bertz CT molecular complexity index is 1310. The van der Waals surface area contributed by atoms with Crippen LogP contribution in [-0.2, 0) is 4.79 Å². The number of hydrogen-bond acceptors (Lipinski definition) is 4. The Labute approximate surface area is 198 Å². The number of urea groups is 1. The van der Waals surface area contributed by atoms with Crippen LogP contribution >= 0.6 is 0 Å². The van der Waals surface area contributed by atoms with Gasteiger partial charge >= 0.3 is 12.2 Å². The van der Waals surface area contributed by atoms with Crippen molar-refractivity contribution in [3.05, 3.63) is 61.2 Å². The summed E-state index contributed by atoms with van der Waals surface area (Å²) >= 11 is 0. The predicted octanol–water partition coefficient (Wildman–Crippen LogP) is 4.83. The van der Waals surface area contributed by atoms with Crippen molar-refractivity contribution in [1.29, 1.82) is 0 Å². The molecule has 4 aromatic rings. The first-order valence-electron chi connectivity index (χ1n) is 10.4. The van der Waals surface area contributed by atoms with E-state index in [0.29, 0.717) is 5.69 Å². The number of halogens is 3. The Morgan fingerprint density at radius 3 is 2.54 bits per heavy atom. The van der Waals surface area contributed by atoms with E-state index in [4.69, 9.17) is 9.90 Å². The number of aromatic nitrogens is 4. The average molecular weight is 488 g/mol. The summed E-state index contributed by atoms with van der Waals surface area (Å²) in [5.41, 5.74) is 4.61. The number of nitrogens with one attached hydrogen (secondary N) is 2. The second-order valence-corrected chi connectivity index (χ2v) is 7.70. The Kier molecular flexibility index (Phi) is 7.74. The highest BCUT2D eigenvalue weighted by Gasteiger charge is 2.27. The number of pyridine rings is 1. The number of nitrogens with zero attached hydrogens (tertiary/aromatic N) is 4. The molecule has 0 aliphatic carbocycles. The molecule has 0 bridgehead atoms. The van der Waals surface area contributed by atoms with Crippen molar-refractivity contribution in [3.8, 4) is 22.4 Å². The predicted molar refractivity (Wildman–Crippen MR) is 124 cm³/mol. The second kappa shape index (κ2) is 10.7. The van der Waals surface area contributed by atoms with Crippen molar-refractivity contribution in [3.63, 3.8) is 0 Å². The molecule has 0 fully saturated rings. The summed E-state index contributed by atoms with van der Waals surface area (Å²) in [7, 11) is 0. The maximum Gasteiger partial charge on any atom is 0.405 e. The van der Waals surface area contributed by atoms with Crippen LogP contribution in [0.4, 0.5) is 23.7 Å². The molecule has 9 nitrogen and oxygen atoms in total. The largest absolute Gasteiger partial charge is 0.483 e. The van der Waals surface area contributed by atoms with E-state index in [1.165, 1.54) is 0 Å². The summed E-state index contributed by atoms with van der Waals surface area (Å²) in [4.78, 5) is 24.6. The fourth-order valence-corrected chi connectivity index (χ4v) is 3.26. The molecule has 4 rings (SSSR count). The first-order chi connectivity index (χ1) is 16.6. The molecule has 0 unspecified atom stereocenters. The van der Waals surface area contributed by atoms with Gasteiger partial charge in [-0.2, -0.15) is 18.3 Å². The molecule has 2 amide bonds. The lowest BCUT2D eigenvalue weighted by atomic mass is 10.1. The van der Waals surface area contributed by atoms with E-state index in [9.17, 15) is 18.0 Å². The lowest BCUT2D eigenvalue weighted by Gasteiger charge is -2.11. The Hall–Kier alpha value is -4.35. The zero-order chi connectivity index (χ0) is 25.6. The van der Waals surface area contributed by atoms with Gasteiger partial charge in [0, 0.05) is 35.2 Å². The second-order valence-electron chi connectivity index (χ2n) is 7.70. The Morgan fingerprint density at radius 1 is 1.14 bits per heavy atom. The highest BCUT2D eigenvalue weighted by molar-refractivity contribution is 5.90. The maximum atomic E-state index is 12.3. The number of fused-ring (bicyclic) bond motifs is 1. The van der Waals surface area contributed by atoms with Crippen molar-refractivity contribution in [1.82, 2.24) is 24.5 Å². The molecule has 3 heterocycles. The van der Waals surface area contributed by atoms with Crippen molar-refractivity contribution < 1.29 is 27.9 Å². The van der Waals surface area contributed by atoms with Crippen LogP contribution in [-0.4, -0.2) is 49.5 Å². The van der Waals surface area contributed by atoms with Gasteiger partial charge in [-0.05, 0) is 43.7 Å². The minimum Gasteiger partial charge on any atom is -0.483 e. The van der Waals surface area contributed by atoms with Crippen LogP contribution < -0.4 is 10.6 Å². The van der Waals surface area contributed by atoms with E-state index >= 15 is 0 Å². The molecule has 0 radical (unpaired) electrons. The third-order valence-corrected chi connectivity index (χ3v) is 4.84. The van der Waals surface area contributed by atoms with Crippen LogP contribution in [0.15, 0.2) is 61.2 Å². The highest BCUT2D eigenvalue weighted by atomic mass is 19.4. The summed E-state index contributed by atoms with van der Waals surface area (Å²) in [6.07, 6.45) is 2.94. The van der Waals surface area contributed by atoms with Gasteiger partial charge in [0.25, 0.3) is 6.47 Å². The van der Waals surface area contributed by atoms with Gasteiger partial charge in [-0.1, -0.05) is 12.1 Å². The molecule has 0 spiro atoms. The molecule has 184 valence electrons. The van der Waals surface area contributed by atoms with Crippen LogP contribution in [0.25, 0.3) is 28.0 Å². The van der Waals surface area contributed by atoms with Crippen molar-refractivity contribution in [2.45, 2.75) is 26.1 Å². The van der Waals surface area contributed by atoms with Crippen molar-refractivity contribution >= 4 is 23.8 Å². The van der Waals surface area contributed by atoms with E-state index in [2.05, 4.69) is 29.2 Å². The Balaban J connectivity index is 0.00000108. The number of anilines is 1. The van der Waals surface area contributed by atoms with Gasteiger partial charge in [0.05, 0.1) is 18.1 Å². The quantitative estimate of drug-likeness (QED) is 0.348. The number of carbonyl (C=O) groups excluding carboxylic acids is 1. The molecular formula is C23H23F3N6O3. The number of carbonyl (C=O) groups is 2. The Morgan fingerprint density at radius 2 is 1.89 bits per heavy atom. The summed E-state index contributed by atoms with van der Waals surface area (Å²) in [6, 6.07) is 10.1. The van der Waals surface area contributed by atoms with Gasteiger partial charge in [0.15, 0.2) is 0 Å². The van der Waals surface area contributed by atoms with Crippen LogP contribution in [0, 0.1) is 0 Å². The molecule has 12 heteroatoms. The van der Waals surface area contributed by atoms with E-state index in [-0.39, 0.29) is 12.5 Å². The van der Waals surface area contributed by atoms with E-state index < -0.39 is 18.8 Å². The fraction of sp³-hybridized carbons (Fsp3) is 0.217. The number of carboxylic acid groups (broad SMARTS) is 1. The van der Waals surface area contributed by atoms with Crippen molar-refractivity contribution in [2.75, 3.05) is 11.9 Å². The summed E-state index contributed by atoms with van der Waals surface area (Å²) in [5.74, 6) is 0. The van der Waals surface area contributed by atoms with Gasteiger partial charge in [0.1, 0.15) is 12.2 Å². The van der Waals surface area contributed by atoms with E-state index in [1.54, 1.807) is 29.7 Å². The molecular weight excluding hydrogens is 465 g/mol. The average Bonchev–Trinajstić information content (AvgIpc) is 3.45. The smallest absolute Gasteiger partial charge is 0.405 e. The third kappa shape index (κ3) is 6.59. The van der Waals surface area contributed by atoms with Gasteiger partial charge in [-0.15, -0.1) is 0 Å². The number of amides is 2. The molecule has 0 aliphatic rings. The highest BCUT2D eigenvalue weighted by Crippen LogP contribution is 2.27. The fourth-order valence-electron chi connectivity index (χ4n) is 3.26. The topological polar surface area (TPSA) is 114 Å². The standard InChI is InChI=1S/C22H21F3N6O.CH2O2/c1-14(2)31-12-17(10-28-31)15-6-7-30-19(11-26-20(30)9-15)16-4-3-5-18(8-16)29-21(32)27-13-22(23,24)25;2-1-3/h3-12,14H,13H2,1-2H3,(H2,27,29,32);1H,(H,2,3). The van der Waals surface area contributed by atoms with Crippen LogP contribution in [0.3, 0.4) is 0 Å². The van der Waals surface area contributed by atoms with Gasteiger partial charge in [0.2, 0.25) is 0 Å².